The lowest BCUT2D eigenvalue weighted by Crippen LogP contribution is -2.21. The van der Waals surface area contributed by atoms with Gasteiger partial charge in [0.05, 0.1) is 0 Å². The van der Waals surface area contributed by atoms with Crippen molar-refractivity contribution in [3.8, 4) is 0 Å². The van der Waals surface area contributed by atoms with Crippen LogP contribution >= 0.6 is 0 Å². The fourth-order valence-corrected chi connectivity index (χ4v) is 1.20. The molecule has 0 radical (unpaired) electrons. The minimum Gasteiger partial charge on any atom is -0.383 e. The van der Waals surface area contributed by atoms with Gasteiger partial charge in [0.15, 0.2) is 0 Å². The zero-order valence-corrected chi connectivity index (χ0v) is 6.62. The van der Waals surface area contributed by atoms with Crippen molar-refractivity contribution in [2.75, 3.05) is 11.5 Å². The summed E-state index contributed by atoms with van der Waals surface area (Å²) in [4.78, 5) is 7.70. The van der Waals surface area contributed by atoms with Crippen molar-refractivity contribution in [1.29, 1.82) is 0 Å². The van der Waals surface area contributed by atoms with E-state index < -0.39 is 0 Å². The average molecular weight is 165 g/mol. The van der Waals surface area contributed by atoms with E-state index in [1.165, 1.54) is 0 Å². The largest absolute Gasteiger partial charge is 0.383 e. The lowest BCUT2D eigenvalue weighted by Gasteiger charge is -2.10. The van der Waals surface area contributed by atoms with Gasteiger partial charge in [-0.15, -0.1) is 0 Å². The third-order valence-electron chi connectivity index (χ3n) is 2.16. The van der Waals surface area contributed by atoms with E-state index in [1.54, 1.807) is 6.20 Å². The first kappa shape index (κ1) is 7.30. The smallest absolute Gasteiger partial charge is 0.221 e. The van der Waals surface area contributed by atoms with Crippen LogP contribution < -0.4 is 17.2 Å². The molecule has 0 atom stereocenters. The molecule has 6 N–H and O–H groups in total. The van der Waals surface area contributed by atoms with Gasteiger partial charge in [0.2, 0.25) is 5.95 Å². The summed E-state index contributed by atoms with van der Waals surface area (Å²) in [5.74, 6) is 0.600. The predicted molar refractivity (Wildman–Crippen MR) is 46.0 cm³/mol. The molecule has 1 heterocycles. The van der Waals surface area contributed by atoms with E-state index in [0.717, 1.165) is 18.4 Å². The Kier molecular flexibility index (Phi) is 1.26. The molecular formula is C7H11N5. The molecule has 0 amide bonds. The highest BCUT2D eigenvalue weighted by atomic mass is 15.0. The van der Waals surface area contributed by atoms with E-state index in [-0.39, 0.29) is 11.5 Å². The van der Waals surface area contributed by atoms with Gasteiger partial charge in [-0.05, 0) is 12.8 Å². The Balaban J connectivity index is 2.45. The van der Waals surface area contributed by atoms with Crippen LogP contribution in [0.25, 0.3) is 0 Å². The highest BCUT2D eigenvalue weighted by Crippen LogP contribution is 2.44. The normalized spacial score (nSPS) is 19.1. The number of nitrogen functional groups attached to an aromatic ring is 2. The lowest BCUT2D eigenvalue weighted by molar-refractivity contribution is 0.733. The van der Waals surface area contributed by atoms with Gasteiger partial charge in [0.1, 0.15) is 5.82 Å². The number of rotatable bonds is 1. The van der Waals surface area contributed by atoms with Gasteiger partial charge in [-0.2, -0.15) is 4.98 Å². The molecule has 1 aliphatic carbocycles. The summed E-state index contributed by atoms with van der Waals surface area (Å²) in [5.41, 5.74) is 17.4. The Bertz CT molecular complexity index is 318. The molecule has 0 saturated heterocycles. The second-order valence-corrected chi connectivity index (χ2v) is 3.18. The van der Waals surface area contributed by atoms with E-state index >= 15 is 0 Å². The number of hydrogen-bond donors (Lipinski definition) is 3. The van der Waals surface area contributed by atoms with Crippen molar-refractivity contribution in [1.82, 2.24) is 9.97 Å². The van der Waals surface area contributed by atoms with Gasteiger partial charge in [-0.1, -0.05) is 0 Å². The highest BCUT2D eigenvalue weighted by Gasteiger charge is 2.42. The van der Waals surface area contributed by atoms with Crippen LogP contribution in [-0.2, 0) is 5.54 Å². The Morgan fingerprint density at radius 2 is 2.00 bits per heavy atom. The van der Waals surface area contributed by atoms with Gasteiger partial charge >= 0.3 is 0 Å². The SMILES string of the molecule is Nc1ncc(C2(N)CC2)c(N)n1. The number of nitrogens with zero attached hydrogens (tertiary/aromatic N) is 2. The van der Waals surface area contributed by atoms with E-state index in [1.807, 2.05) is 0 Å². The third kappa shape index (κ3) is 0.984. The van der Waals surface area contributed by atoms with Crippen LogP contribution in [-0.4, -0.2) is 9.97 Å². The highest BCUT2D eigenvalue weighted by molar-refractivity contribution is 5.47. The van der Waals surface area contributed by atoms with Crippen molar-refractivity contribution >= 4 is 11.8 Å². The molecule has 5 heteroatoms. The van der Waals surface area contributed by atoms with Crippen molar-refractivity contribution in [2.24, 2.45) is 5.73 Å². The molecular weight excluding hydrogens is 154 g/mol. The van der Waals surface area contributed by atoms with E-state index in [4.69, 9.17) is 17.2 Å². The molecule has 1 fully saturated rings. The summed E-state index contributed by atoms with van der Waals surface area (Å²) in [7, 11) is 0. The average Bonchev–Trinajstić information content (AvgIpc) is 2.68. The lowest BCUT2D eigenvalue weighted by atomic mass is 10.1. The first-order valence-electron chi connectivity index (χ1n) is 3.79. The van der Waals surface area contributed by atoms with Gasteiger partial charge in [-0.25, -0.2) is 4.98 Å². The summed E-state index contributed by atoms with van der Waals surface area (Å²) < 4.78 is 0. The quantitative estimate of drug-likeness (QED) is 0.524. The van der Waals surface area contributed by atoms with Crippen molar-refractivity contribution < 1.29 is 0 Å². The third-order valence-corrected chi connectivity index (χ3v) is 2.16. The molecule has 0 aromatic carbocycles. The zero-order valence-electron chi connectivity index (χ0n) is 6.62. The number of anilines is 2. The maximum Gasteiger partial charge on any atom is 0.221 e. The van der Waals surface area contributed by atoms with E-state index in [9.17, 15) is 0 Å². The number of hydrogen-bond acceptors (Lipinski definition) is 5. The Labute approximate surface area is 70.0 Å². The topological polar surface area (TPSA) is 104 Å². The molecule has 5 nitrogen and oxygen atoms in total. The molecule has 1 aromatic heterocycles. The standard InChI is InChI=1S/C7H11N5/c8-5-4(7(10)1-2-7)3-11-6(9)12-5/h3H,1-2,10H2,(H4,8,9,11,12). The van der Waals surface area contributed by atoms with Crippen molar-refractivity contribution in [3.63, 3.8) is 0 Å². The fraction of sp³-hybridized carbons (Fsp3) is 0.429. The molecule has 0 unspecified atom stereocenters. The monoisotopic (exact) mass is 165 g/mol. The maximum absolute atomic E-state index is 5.92. The van der Waals surface area contributed by atoms with Crippen molar-refractivity contribution in [2.45, 2.75) is 18.4 Å². The first-order valence-corrected chi connectivity index (χ1v) is 3.79. The molecule has 1 aromatic rings. The minimum absolute atomic E-state index is 0.195. The molecule has 0 bridgehead atoms. The number of aromatic nitrogens is 2. The fourth-order valence-electron chi connectivity index (χ4n) is 1.20. The van der Waals surface area contributed by atoms with Gasteiger partial charge in [0, 0.05) is 17.3 Å². The van der Waals surface area contributed by atoms with Crippen LogP contribution in [0.15, 0.2) is 6.20 Å². The summed E-state index contributed by atoms with van der Waals surface area (Å²) in [6.07, 6.45) is 3.51. The minimum atomic E-state index is -0.280. The van der Waals surface area contributed by atoms with Crippen molar-refractivity contribution in [3.05, 3.63) is 11.8 Å². The van der Waals surface area contributed by atoms with Crippen LogP contribution in [0.1, 0.15) is 18.4 Å². The van der Waals surface area contributed by atoms with Crippen LogP contribution in [0.3, 0.4) is 0 Å². The predicted octanol–water partition coefficient (Wildman–Crippen LogP) is -0.411. The van der Waals surface area contributed by atoms with Gasteiger partial charge < -0.3 is 17.2 Å². The first-order chi connectivity index (χ1) is 5.62. The molecule has 2 rings (SSSR count). The zero-order chi connectivity index (χ0) is 8.77. The van der Waals surface area contributed by atoms with Crippen LogP contribution in [0.4, 0.5) is 11.8 Å². The maximum atomic E-state index is 5.92. The summed E-state index contributed by atoms with van der Waals surface area (Å²) in [5, 5.41) is 0. The van der Waals surface area contributed by atoms with Crippen LogP contribution in [0.2, 0.25) is 0 Å². The van der Waals surface area contributed by atoms with Gasteiger partial charge in [-0.3, -0.25) is 0 Å². The Hall–Kier alpha value is -1.36. The molecule has 1 aliphatic rings. The van der Waals surface area contributed by atoms with Gasteiger partial charge in [0.25, 0.3) is 0 Å². The van der Waals surface area contributed by atoms with E-state index in [0.29, 0.717) is 5.82 Å². The molecule has 1 saturated carbocycles. The molecule has 64 valence electrons. The molecule has 0 aliphatic heterocycles. The molecule has 0 spiro atoms. The van der Waals surface area contributed by atoms with Crippen LogP contribution in [0.5, 0.6) is 0 Å². The van der Waals surface area contributed by atoms with Crippen LogP contribution in [0, 0.1) is 0 Å². The summed E-state index contributed by atoms with van der Waals surface area (Å²) >= 11 is 0. The van der Waals surface area contributed by atoms with E-state index in [2.05, 4.69) is 9.97 Å². The summed E-state index contributed by atoms with van der Waals surface area (Å²) in [6.45, 7) is 0. The Morgan fingerprint density at radius 1 is 1.33 bits per heavy atom. The second-order valence-electron chi connectivity index (χ2n) is 3.18. The Morgan fingerprint density at radius 3 is 2.50 bits per heavy atom. The summed E-state index contributed by atoms with van der Waals surface area (Å²) in [6, 6.07) is 0. The molecule has 12 heavy (non-hydrogen) atoms. The second kappa shape index (κ2) is 2.07. The number of nitrogens with two attached hydrogens (primary N) is 3.